The molecule has 0 atom stereocenters. The number of aromatic nitrogens is 2. The molecular formula is C16H13N3O4S. The maximum absolute atomic E-state index is 12.6. The van der Waals surface area contributed by atoms with Crippen LogP contribution in [0.15, 0.2) is 66.1 Å². The van der Waals surface area contributed by atoms with Gasteiger partial charge < -0.3 is 14.0 Å². The molecular weight excluding hydrogens is 330 g/mol. The van der Waals surface area contributed by atoms with Crippen LogP contribution in [0.25, 0.3) is 5.69 Å². The van der Waals surface area contributed by atoms with Gasteiger partial charge in [0.25, 0.3) is 10.0 Å². The lowest BCUT2D eigenvalue weighted by Gasteiger charge is -2.10. The number of fused-ring (bicyclic) bond motifs is 1. The smallest absolute Gasteiger partial charge is 0.262 e. The molecule has 0 radical (unpaired) electrons. The molecule has 0 spiro atoms. The third-order valence-electron chi connectivity index (χ3n) is 3.56. The number of imidazole rings is 1. The Hall–Kier alpha value is -3.00. The van der Waals surface area contributed by atoms with E-state index in [2.05, 4.69) is 9.71 Å². The quantitative estimate of drug-likeness (QED) is 0.786. The summed E-state index contributed by atoms with van der Waals surface area (Å²) in [5.41, 5.74) is 1.26. The molecule has 0 saturated heterocycles. The Morgan fingerprint density at radius 3 is 2.79 bits per heavy atom. The van der Waals surface area contributed by atoms with Gasteiger partial charge in [-0.05, 0) is 30.3 Å². The molecule has 0 unspecified atom stereocenters. The van der Waals surface area contributed by atoms with Gasteiger partial charge in [0.1, 0.15) is 0 Å². The Bertz CT molecular complexity index is 984. The van der Waals surface area contributed by atoms with Gasteiger partial charge in [-0.3, -0.25) is 4.72 Å². The fraction of sp³-hybridized carbons (Fsp3) is 0.0625. The highest BCUT2D eigenvalue weighted by Gasteiger charge is 2.20. The summed E-state index contributed by atoms with van der Waals surface area (Å²) in [6.45, 7) is 0.0964. The first-order valence-electron chi connectivity index (χ1n) is 7.13. The summed E-state index contributed by atoms with van der Waals surface area (Å²) >= 11 is 0. The van der Waals surface area contributed by atoms with Crippen molar-refractivity contribution in [1.29, 1.82) is 0 Å². The molecule has 0 bridgehead atoms. The second-order valence-electron chi connectivity index (χ2n) is 5.14. The Balaban J connectivity index is 1.63. The van der Waals surface area contributed by atoms with Crippen molar-refractivity contribution in [3.05, 3.63) is 61.2 Å². The van der Waals surface area contributed by atoms with Gasteiger partial charge in [-0.2, -0.15) is 0 Å². The number of sulfonamides is 1. The monoisotopic (exact) mass is 343 g/mol. The molecule has 0 saturated carbocycles. The minimum Gasteiger partial charge on any atom is -0.454 e. The van der Waals surface area contributed by atoms with Gasteiger partial charge in [-0.15, -0.1) is 0 Å². The maximum Gasteiger partial charge on any atom is 0.262 e. The zero-order valence-corrected chi connectivity index (χ0v) is 13.2. The number of hydrogen-bond acceptors (Lipinski definition) is 5. The van der Waals surface area contributed by atoms with Crippen molar-refractivity contribution in [2.24, 2.45) is 0 Å². The van der Waals surface area contributed by atoms with Gasteiger partial charge >= 0.3 is 0 Å². The Kier molecular flexibility index (Phi) is 3.39. The number of benzene rings is 2. The van der Waals surface area contributed by atoms with Gasteiger partial charge in [0.2, 0.25) is 6.79 Å². The van der Waals surface area contributed by atoms with E-state index < -0.39 is 10.0 Å². The first-order chi connectivity index (χ1) is 11.6. The minimum absolute atomic E-state index is 0.0964. The van der Waals surface area contributed by atoms with Gasteiger partial charge in [0.15, 0.2) is 11.5 Å². The van der Waals surface area contributed by atoms with Crippen molar-refractivity contribution < 1.29 is 17.9 Å². The molecule has 7 nitrogen and oxygen atoms in total. The molecule has 24 heavy (non-hydrogen) atoms. The molecule has 3 aromatic rings. The first kappa shape index (κ1) is 14.6. The van der Waals surface area contributed by atoms with E-state index in [1.54, 1.807) is 47.6 Å². The highest BCUT2D eigenvalue weighted by Crippen LogP contribution is 2.34. The SMILES string of the molecule is O=S(=O)(Nc1cccc(-n2ccnc2)c1)c1ccc2c(c1)OCO2. The highest BCUT2D eigenvalue weighted by molar-refractivity contribution is 7.92. The number of nitrogens with one attached hydrogen (secondary N) is 1. The lowest BCUT2D eigenvalue weighted by atomic mass is 10.3. The van der Waals surface area contributed by atoms with Gasteiger partial charge in [0.05, 0.1) is 16.9 Å². The summed E-state index contributed by atoms with van der Waals surface area (Å²) in [5, 5.41) is 0. The molecule has 2 heterocycles. The standard InChI is InChI=1S/C16H13N3O4S/c20-24(21,14-4-5-15-16(9-14)23-11-22-15)18-12-2-1-3-13(8-12)19-7-6-17-10-19/h1-10,18H,11H2. The van der Waals surface area contributed by atoms with E-state index in [0.29, 0.717) is 17.2 Å². The van der Waals surface area contributed by atoms with Crippen LogP contribution in [0.5, 0.6) is 11.5 Å². The van der Waals surface area contributed by atoms with Crippen LogP contribution in [0.3, 0.4) is 0 Å². The normalized spacial score (nSPS) is 13.0. The molecule has 1 aliphatic heterocycles. The molecule has 0 aliphatic carbocycles. The molecule has 1 aromatic heterocycles. The number of anilines is 1. The summed E-state index contributed by atoms with van der Waals surface area (Å²) in [7, 11) is -3.73. The van der Waals surface area contributed by atoms with E-state index in [1.165, 1.54) is 12.1 Å². The van der Waals surface area contributed by atoms with Gasteiger partial charge in [-0.1, -0.05) is 6.07 Å². The summed E-state index contributed by atoms with van der Waals surface area (Å²) < 4.78 is 39.9. The van der Waals surface area contributed by atoms with Crippen LogP contribution in [0.1, 0.15) is 0 Å². The van der Waals surface area contributed by atoms with Crippen LogP contribution in [0.4, 0.5) is 5.69 Å². The van der Waals surface area contributed by atoms with Crippen LogP contribution in [0, 0.1) is 0 Å². The average molecular weight is 343 g/mol. The molecule has 8 heteroatoms. The van der Waals surface area contributed by atoms with E-state index in [1.807, 2.05) is 6.07 Å². The third-order valence-corrected chi connectivity index (χ3v) is 4.93. The summed E-state index contributed by atoms with van der Waals surface area (Å²) in [6, 6.07) is 11.6. The van der Waals surface area contributed by atoms with Gasteiger partial charge in [0, 0.05) is 24.1 Å². The van der Waals surface area contributed by atoms with Crippen molar-refractivity contribution in [2.45, 2.75) is 4.90 Å². The van der Waals surface area contributed by atoms with E-state index in [4.69, 9.17) is 9.47 Å². The summed E-state index contributed by atoms with van der Waals surface area (Å²) in [5.74, 6) is 0.959. The number of ether oxygens (including phenoxy) is 2. The Morgan fingerprint density at radius 2 is 1.96 bits per heavy atom. The maximum atomic E-state index is 12.6. The van der Waals surface area contributed by atoms with E-state index in [9.17, 15) is 8.42 Å². The van der Waals surface area contributed by atoms with Crippen molar-refractivity contribution in [3.8, 4) is 17.2 Å². The van der Waals surface area contributed by atoms with Crippen LogP contribution in [-0.4, -0.2) is 24.8 Å². The third kappa shape index (κ3) is 2.67. The van der Waals surface area contributed by atoms with E-state index >= 15 is 0 Å². The Morgan fingerprint density at radius 1 is 1.08 bits per heavy atom. The second kappa shape index (κ2) is 5.57. The zero-order valence-electron chi connectivity index (χ0n) is 12.4. The molecule has 122 valence electrons. The van der Waals surface area contributed by atoms with Crippen molar-refractivity contribution in [3.63, 3.8) is 0 Å². The molecule has 1 N–H and O–H groups in total. The predicted molar refractivity (Wildman–Crippen MR) is 86.9 cm³/mol. The second-order valence-corrected chi connectivity index (χ2v) is 6.82. The lowest BCUT2D eigenvalue weighted by molar-refractivity contribution is 0.174. The van der Waals surface area contributed by atoms with E-state index in [0.717, 1.165) is 5.69 Å². The molecule has 1 aliphatic rings. The molecule has 4 rings (SSSR count). The first-order valence-corrected chi connectivity index (χ1v) is 8.61. The molecule has 0 amide bonds. The Labute approximate surface area is 138 Å². The van der Waals surface area contributed by atoms with Crippen LogP contribution < -0.4 is 14.2 Å². The number of nitrogens with zero attached hydrogens (tertiary/aromatic N) is 2. The van der Waals surface area contributed by atoms with Crippen molar-refractivity contribution >= 4 is 15.7 Å². The van der Waals surface area contributed by atoms with Crippen LogP contribution in [0.2, 0.25) is 0 Å². The number of rotatable bonds is 4. The van der Waals surface area contributed by atoms with Crippen molar-refractivity contribution in [2.75, 3.05) is 11.5 Å². The van der Waals surface area contributed by atoms with E-state index in [-0.39, 0.29) is 11.7 Å². The van der Waals surface area contributed by atoms with Crippen LogP contribution in [-0.2, 0) is 10.0 Å². The zero-order chi connectivity index (χ0) is 16.6. The fourth-order valence-electron chi connectivity index (χ4n) is 2.40. The summed E-state index contributed by atoms with van der Waals surface area (Å²) in [4.78, 5) is 4.09. The average Bonchev–Trinajstić information content (AvgIpc) is 3.25. The predicted octanol–water partition coefficient (Wildman–Crippen LogP) is 2.40. The minimum atomic E-state index is -3.73. The molecule has 0 fully saturated rings. The van der Waals surface area contributed by atoms with Gasteiger partial charge in [-0.25, -0.2) is 13.4 Å². The number of hydrogen-bond donors (Lipinski definition) is 1. The molecule has 2 aromatic carbocycles. The topological polar surface area (TPSA) is 82.5 Å². The van der Waals surface area contributed by atoms with Crippen molar-refractivity contribution in [1.82, 2.24) is 9.55 Å². The fourth-order valence-corrected chi connectivity index (χ4v) is 3.46. The summed E-state index contributed by atoms with van der Waals surface area (Å²) in [6.07, 6.45) is 5.08. The largest absolute Gasteiger partial charge is 0.454 e. The lowest BCUT2D eigenvalue weighted by Crippen LogP contribution is -2.13. The van der Waals surface area contributed by atoms with Crippen LogP contribution >= 0.6 is 0 Å². The highest BCUT2D eigenvalue weighted by atomic mass is 32.2.